The zero-order valence-corrected chi connectivity index (χ0v) is 20.5. The molecule has 0 spiro atoms. The Morgan fingerprint density at radius 2 is 1.87 bits per heavy atom. The Morgan fingerprint density at radius 1 is 1.23 bits per heavy atom. The van der Waals surface area contributed by atoms with Crippen LogP contribution in [0.4, 0.5) is 5.69 Å². The highest BCUT2D eigenvalue weighted by atomic mass is 127. The Hall–Kier alpha value is -1.95. The quantitative estimate of drug-likeness (QED) is 0.194. The lowest BCUT2D eigenvalue weighted by Gasteiger charge is -2.37. The van der Waals surface area contributed by atoms with Gasteiger partial charge in [0.2, 0.25) is 0 Å². The number of amides is 1. The molecule has 1 aromatic rings. The van der Waals surface area contributed by atoms with Crippen LogP contribution in [0.2, 0.25) is 0 Å². The molecule has 1 amide bonds. The number of nitrogens with zero attached hydrogens (tertiary/aromatic N) is 4. The van der Waals surface area contributed by atoms with Crippen LogP contribution in [-0.4, -0.2) is 72.0 Å². The van der Waals surface area contributed by atoms with Crippen molar-refractivity contribution in [3.63, 3.8) is 0 Å². The molecule has 2 aliphatic rings. The van der Waals surface area contributed by atoms with Crippen molar-refractivity contribution in [1.29, 1.82) is 0 Å². The van der Waals surface area contributed by atoms with E-state index in [1.807, 2.05) is 4.90 Å². The molecule has 1 unspecified atom stereocenters. The predicted octanol–water partition coefficient (Wildman–Crippen LogP) is 2.64. The van der Waals surface area contributed by atoms with E-state index in [2.05, 4.69) is 24.1 Å². The highest BCUT2D eigenvalue weighted by molar-refractivity contribution is 14.0. The van der Waals surface area contributed by atoms with E-state index < -0.39 is 4.92 Å². The van der Waals surface area contributed by atoms with Crippen LogP contribution in [0.5, 0.6) is 0 Å². The van der Waals surface area contributed by atoms with Gasteiger partial charge in [-0.3, -0.25) is 14.9 Å². The highest BCUT2D eigenvalue weighted by Gasteiger charge is 2.31. The summed E-state index contributed by atoms with van der Waals surface area (Å²) in [5.41, 5.74) is 0.990. The first-order chi connectivity index (χ1) is 14.4. The maximum Gasteiger partial charge on any atom is 0.269 e. The molecule has 9 nitrogen and oxygen atoms in total. The zero-order valence-electron chi connectivity index (χ0n) is 18.2. The first-order valence-corrected chi connectivity index (χ1v) is 10.6. The number of piperazine rings is 1. The molecule has 1 aromatic carbocycles. The molecule has 10 heteroatoms. The van der Waals surface area contributed by atoms with Crippen LogP contribution < -0.4 is 5.32 Å². The molecule has 2 fully saturated rings. The van der Waals surface area contributed by atoms with Gasteiger partial charge in [0, 0.05) is 51.5 Å². The Morgan fingerprint density at radius 3 is 2.42 bits per heavy atom. The number of aliphatic imine (C=N–C) groups is 1. The average molecular weight is 545 g/mol. The lowest BCUT2D eigenvalue weighted by Crippen LogP contribution is -2.55. The van der Waals surface area contributed by atoms with E-state index in [-0.39, 0.29) is 41.7 Å². The monoisotopic (exact) mass is 545 g/mol. The largest absolute Gasteiger partial charge is 0.368 e. The molecular weight excluding hydrogens is 513 g/mol. The van der Waals surface area contributed by atoms with Gasteiger partial charge in [0.1, 0.15) is 6.10 Å². The first kappa shape index (κ1) is 25.3. The van der Waals surface area contributed by atoms with Gasteiger partial charge in [-0.25, -0.2) is 4.99 Å². The Bertz CT molecular complexity index is 758. The number of carbonyl (C=O) groups is 1. The molecule has 172 valence electrons. The van der Waals surface area contributed by atoms with Crippen molar-refractivity contribution in [2.75, 3.05) is 39.3 Å². The maximum absolute atomic E-state index is 12.6. The van der Waals surface area contributed by atoms with E-state index in [4.69, 9.17) is 9.73 Å². The van der Waals surface area contributed by atoms with Crippen molar-refractivity contribution in [2.45, 2.75) is 39.3 Å². The molecular formula is C21H32IN5O4. The molecule has 2 aliphatic heterocycles. The second-order valence-corrected chi connectivity index (χ2v) is 8.15. The van der Waals surface area contributed by atoms with Crippen LogP contribution in [0, 0.1) is 16.0 Å². The van der Waals surface area contributed by atoms with Gasteiger partial charge < -0.3 is 19.9 Å². The number of rotatable bonds is 6. The summed E-state index contributed by atoms with van der Waals surface area (Å²) in [7, 11) is 0. The minimum atomic E-state index is -0.403. The lowest BCUT2D eigenvalue weighted by molar-refractivity contribution is -0.384. The first-order valence-electron chi connectivity index (χ1n) is 10.6. The van der Waals surface area contributed by atoms with Crippen LogP contribution >= 0.6 is 24.0 Å². The number of halogens is 1. The predicted molar refractivity (Wildman–Crippen MR) is 130 cm³/mol. The molecule has 0 aromatic heterocycles. The summed E-state index contributed by atoms with van der Waals surface area (Å²) in [6.07, 6.45) is 1.50. The second-order valence-electron chi connectivity index (χ2n) is 8.15. The highest BCUT2D eigenvalue weighted by Crippen LogP contribution is 2.16. The molecule has 1 atom stereocenters. The van der Waals surface area contributed by atoms with Crippen LogP contribution in [0.1, 0.15) is 32.3 Å². The number of non-ortho nitro benzene ring substituents is 1. The summed E-state index contributed by atoms with van der Waals surface area (Å²) in [6, 6.07) is 6.48. The van der Waals surface area contributed by atoms with Gasteiger partial charge in [-0.1, -0.05) is 26.0 Å². The summed E-state index contributed by atoms with van der Waals surface area (Å²) in [5.74, 6) is 1.38. The molecule has 2 heterocycles. The third-order valence-corrected chi connectivity index (χ3v) is 5.32. The molecule has 0 aliphatic carbocycles. The Labute approximate surface area is 200 Å². The minimum absolute atomic E-state index is 0. The van der Waals surface area contributed by atoms with Gasteiger partial charge in [-0.05, 0) is 24.3 Å². The number of benzene rings is 1. The summed E-state index contributed by atoms with van der Waals surface area (Å²) in [5, 5.41) is 14.2. The smallest absolute Gasteiger partial charge is 0.269 e. The number of guanidine groups is 1. The van der Waals surface area contributed by atoms with Gasteiger partial charge in [0.05, 0.1) is 11.5 Å². The summed E-state index contributed by atoms with van der Waals surface area (Å²) in [4.78, 5) is 31.8. The standard InChI is InChI=1S/C21H31N5O4.HI/c1-16(2)14-22-21(23-15-17-5-7-18(8-6-17)26(28)29)25-11-9-24(10-12-25)20(27)19-4-3-13-30-19;/h5-8,16,19H,3-4,9-15H2,1-2H3,(H,22,23);1H. The molecule has 0 radical (unpaired) electrons. The number of hydrogen-bond acceptors (Lipinski definition) is 5. The third kappa shape index (κ3) is 7.30. The molecule has 1 N–H and O–H groups in total. The molecule has 31 heavy (non-hydrogen) atoms. The maximum atomic E-state index is 12.6. The van der Waals surface area contributed by atoms with E-state index in [1.54, 1.807) is 12.1 Å². The van der Waals surface area contributed by atoms with Crippen molar-refractivity contribution in [3.8, 4) is 0 Å². The Kier molecular flexibility index (Phi) is 9.94. The molecule has 2 saturated heterocycles. The summed E-state index contributed by atoms with van der Waals surface area (Å²) in [6.45, 7) is 8.91. The van der Waals surface area contributed by atoms with Gasteiger partial charge in [0.25, 0.3) is 11.6 Å². The summed E-state index contributed by atoms with van der Waals surface area (Å²) >= 11 is 0. The van der Waals surface area contributed by atoms with Crippen LogP contribution in [0.3, 0.4) is 0 Å². The van der Waals surface area contributed by atoms with Crippen LogP contribution in [0.15, 0.2) is 29.3 Å². The Balaban J connectivity index is 0.00000341. The van der Waals surface area contributed by atoms with Crippen molar-refractivity contribution in [1.82, 2.24) is 15.1 Å². The zero-order chi connectivity index (χ0) is 21.5. The van der Waals surface area contributed by atoms with Crippen LogP contribution in [-0.2, 0) is 16.1 Å². The fourth-order valence-corrected chi connectivity index (χ4v) is 3.57. The number of nitro groups is 1. The van der Waals surface area contributed by atoms with Gasteiger partial charge in [0.15, 0.2) is 5.96 Å². The minimum Gasteiger partial charge on any atom is -0.368 e. The van der Waals surface area contributed by atoms with E-state index in [9.17, 15) is 14.9 Å². The second kappa shape index (κ2) is 12.2. The number of nitro benzene ring substituents is 1. The van der Waals surface area contributed by atoms with Gasteiger partial charge >= 0.3 is 0 Å². The van der Waals surface area contributed by atoms with E-state index in [0.29, 0.717) is 45.2 Å². The van der Waals surface area contributed by atoms with Crippen molar-refractivity contribution in [2.24, 2.45) is 10.9 Å². The van der Waals surface area contributed by atoms with Gasteiger partial charge in [-0.2, -0.15) is 0 Å². The SMILES string of the molecule is CC(C)CNC(=NCc1ccc([N+](=O)[O-])cc1)N1CCN(C(=O)C2CCCO2)CC1.I. The van der Waals surface area contributed by atoms with E-state index in [1.165, 1.54) is 12.1 Å². The van der Waals surface area contributed by atoms with Crippen molar-refractivity contribution >= 4 is 41.5 Å². The lowest BCUT2D eigenvalue weighted by atomic mass is 10.2. The van der Waals surface area contributed by atoms with Crippen molar-refractivity contribution in [3.05, 3.63) is 39.9 Å². The number of nitrogens with one attached hydrogen (secondary N) is 1. The normalized spacial score (nSPS) is 19.3. The van der Waals surface area contributed by atoms with Gasteiger partial charge in [-0.15, -0.1) is 24.0 Å². The average Bonchev–Trinajstić information content (AvgIpc) is 3.28. The van der Waals surface area contributed by atoms with E-state index >= 15 is 0 Å². The number of hydrogen-bond donors (Lipinski definition) is 1. The molecule has 0 saturated carbocycles. The van der Waals surface area contributed by atoms with Crippen molar-refractivity contribution < 1.29 is 14.5 Å². The third-order valence-electron chi connectivity index (χ3n) is 5.32. The summed E-state index contributed by atoms with van der Waals surface area (Å²) < 4.78 is 5.53. The fraction of sp³-hybridized carbons (Fsp3) is 0.619. The topological polar surface area (TPSA) is 100 Å². The number of carbonyl (C=O) groups excluding carboxylic acids is 1. The molecule has 0 bridgehead atoms. The number of ether oxygens (including phenoxy) is 1. The van der Waals surface area contributed by atoms with Crippen LogP contribution in [0.25, 0.3) is 0 Å². The van der Waals surface area contributed by atoms with E-state index in [0.717, 1.165) is 30.9 Å². The molecule has 3 rings (SSSR count). The fourth-order valence-electron chi connectivity index (χ4n) is 3.57.